The van der Waals surface area contributed by atoms with Crippen molar-refractivity contribution in [3.63, 3.8) is 0 Å². The number of aromatic amines is 1. The number of esters is 1. The average Bonchev–Trinajstić information content (AvgIpc) is 2.86. The van der Waals surface area contributed by atoms with E-state index >= 15 is 0 Å². The molecule has 1 aromatic rings. The Hall–Kier alpha value is -1.45. The molecule has 0 aliphatic carbocycles. The molecular weight excluding hydrogens is 284 g/mol. The van der Waals surface area contributed by atoms with E-state index < -0.39 is 22.0 Å². The number of rotatable bonds is 4. The van der Waals surface area contributed by atoms with Gasteiger partial charge in [0, 0.05) is 19.6 Å². The van der Waals surface area contributed by atoms with E-state index in [2.05, 4.69) is 15.5 Å². The van der Waals surface area contributed by atoms with E-state index in [1.165, 1.54) is 10.5 Å². The lowest BCUT2D eigenvalue weighted by atomic mass is 10.2. The molecule has 1 aliphatic heterocycles. The van der Waals surface area contributed by atoms with E-state index in [0.717, 1.165) is 0 Å². The van der Waals surface area contributed by atoms with Crippen molar-refractivity contribution in [2.24, 2.45) is 0 Å². The molecule has 20 heavy (non-hydrogen) atoms. The van der Waals surface area contributed by atoms with Crippen molar-refractivity contribution >= 4 is 16.0 Å². The molecule has 0 spiro atoms. The molecule has 1 saturated heterocycles. The first-order chi connectivity index (χ1) is 9.48. The fraction of sp³-hybridized carbons (Fsp3) is 0.636. The molecule has 2 N–H and O–H groups in total. The van der Waals surface area contributed by atoms with Gasteiger partial charge in [0.1, 0.15) is 10.9 Å². The molecule has 0 saturated carbocycles. The first-order valence-electron chi connectivity index (χ1n) is 6.37. The topological polar surface area (TPSA) is 104 Å². The van der Waals surface area contributed by atoms with Gasteiger partial charge in [-0.05, 0) is 13.8 Å². The van der Waals surface area contributed by atoms with Gasteiger partial charge in [-0.1, -0.05) is 0 Å². The molecular formula is C11H18N4O4S. The Kier molecular flexibility index (Phi) is 4.41. The van der Waals surface area contributed by atoms with Crippen LogP contribution in [0.25, 0.3) is 0 Å². The molecule has 1 fully saturated rings. The van der Waals surface area contributed by atoms with Crippen molar-refractivity contribution in [3.8, 4) is 0 Å². The highest BCUT2D eigenvalue weighted by Gasteiger charge is 2.39. The van der Waals surface area contributed by atoms with Gasteiger partial charge in [-0.3, -0.25) is 9.89 Å². The Morgan fingerprint density at radius 1 is 1.60 bits per heavy atom. The molecule has 1 atom stereocenters. The molecule has 112 valence electrons. The van der Waals surface area contributed by atoms with Gasteiger partial charge >= 0.3 is 5.97 Å². The van der Waals surface area contributed by atoms with Crippen LogP contribution in [0.15, 0.2) is 11.1 Å². The van der Waals surface area contributed by atoms with Gasteiger partial charge in [-0.25, -0.2) is 8.42 Å². The summed E-state index contributed by atoms with van der Waals surface area (Å²) in [6, 6.07) is -0.844. The first kappa shape index (κ1) is 14.9. The second-order valence-electron chi connectivity index (χ2n) is 4.45. The number of aryl methyl sites for hydroxylation is 1. The molecule has 1 aromatic heterocycles. The van der Waals surface area contributed by atoms with Crippen molar-refractivity contribution in [2.75, 3.05) is 26.2 Å². The fourth-order valence-corrected chi connectivity index (χ4v) is 3.84. The lowest BCUT2D eigenvalue weighted by Gasteiger charge is -2.33. The van der Waals surface area contributed by atoms with E-state index in [9.17, 15) is 13.2 Å². The number of aromatic nitrogens is 2. The third kappa shape index (κ3) is 2.69. The number of carbonyl (C=O) groups is 1. The first-order valence-corrected chi connectivity index (χ1v) is 7.81. The number of hydrogen-bond acceptors (Lipinski definition) is 6. The van der Waals surface area contributed by atoms with Crippen LogP contribution in [0.3, 0.4) is 0 Å². The molecule has 1 unspecified atom stereocenters. The minimum absolute atomic E-state index is 0.0914. The van der Waals surface area contributed by atoms with Crippen molar-refractivity contribution in [1.29, 1.82) is 0 Å². The zero-order chi connectivity index (χ0) is 14.8. The summed E-state index contributed by atoms with van der Waals surface area (Å²) in [5, 5.41) is 9.33. The van der Waals surface area contributed by atoms with Crippen molar-refractivity contribution in [3.05, 3.63) is 11.9 Å². The summed E-state index contributed by atoms with van der Waals surface area (Å²) in [5.74, 6) is -0.538. The number of carbonyl (C=O) groups excluding carboxylic acids is 1. The number of piperazine rings is 1. The monoisotopic (exact) mass is 302 g/mol. The van der Waals surface area contributed by atoms with Crippen molar-refractivity contribution < 1.29 is 17.9 Å². The van der Waals surface area contributed by atoms with Crippen LogP contribution in [0.2, 0.25) is 0 Å². The Balaban J connectivity index is 2.32. The van der Waals surface area contributed by atoms with Crippen LogP contribution < -0.4 is 5.32 Å². The molecule has 9 heteroatoms. The summed E-state index contributed by atoms with van der Waals surface area (Å²) >= 11 is 0. The number of nitrogens with one attached hydrogen (secondary N) is 2. The van der Waals surface area contributed by atoms with Crippen LogP contribution in [0, 0.1) is 6.92 Å². The lowest BCUT2D eigenvalue weighted by Crippen LogP contribution is -2.57. The summed E-state index contributed by atoms with van der Waals surface area (Å²) in [6.45, 7) is 4.49. The van der Waals surface area contributed by atoms with Gasteiger partial charge in [-0.15, -0.1) is 0 Å². The maximum Gasteiger partial charge on any atom is 0.325 e. The molecule has 2 rings (SSSR count). The largest absolute Gasteiger partial charge is 0.465 e. The van der Waals surface area contributed by atoms with Crippen LogP contribution in [0.1, 0.15) is 12.6 Å². The predicted molar refractivity (Wildman–Crippen MR) is 70.5 cm³/mol. The number of hydrogen-bond donors (Lipinski definition) is 2. The minimum atomic E-state index is -3.76. The SMILES string of the molecule is CCOC(=O)C1CNCCN1S(=O)(=O)c1cn[nH]c1C. The number of H-pyrrole nitrogens is 1. The van der Waals surface area contributed by atoms with Gasteiger partial charge in [0.2, 0.25) is 10.0 Å². The van der Waals surface area contributed by atoms with E-state index in [-0.39, 0.29) is 24.6 Å². The maximum absolute atomic E-state index is 12.6. The molecule has 0 amide bonds. The molecule has 1 aliphatic rings. The summed E-state index contributed by atoms with van der Waals surface area (Å²) in [5.41, 5.74) is 0.450. The van der Waals surface area contributed by atoms with Crippen LogP contribution in [-0.2, 0) is 19.6 Å². The van der Waals surface area contributed by atoms with Crippen LogP contribution in [0.5, 0.6) is 0 Å². The van der Waals surface area contributed by atoms with Crippen molar-refractivity contribution in [1.82, 2.24) is 19.8 Å². The van der Waals surface area contributed by atoms with Crippen LogP contribution in [-0.4, -0.2) is 61.2 Å². The normalized spacial score (nSPS) is 20.8. The van der Waals surface area contributed by atoms with Crippen LogP contribution >= 0.6 is 0 Å². The highest BCUT2D eigenvalue weighted by atomic mass is 32.2. The molecule has 0 aromatic carbocycles. The second kappa shape index (κ2) is 5.90. The molecule has 8 nitrogen and oxygen atoms in total. The van der Waals surface area contributed by atoms with Gasteiger partial charge in [0.25, 0.3) is 0 Å². The highest BCUT2D eigenvalue weighted by Crippen LogP contribution is 2.21. The minimum Gasteiger partial charge on any atom is -0.465 e. The van der Waals surface area contributed by atoms with E-state index in [0.29, 0.717) is 12.2 Å². The highest BCUT2D eigenvalue weighted by molar-refractivity contribution is 7.89. The van der Waals surface area contributed by atoms with Gasteiger partial charge in [0.15, 0.2) is 0 Å². The number of ether oxygens (including phenoxy) is 1. The summed E-state index contributed by atoms with van der Waals surface area (Å²) < 4.78 is 31.4. The van der Waals surface area contributed by atoms with Gasteiger partial charge < -0.3 is 10.1 Å². The van der Waals surface area contributed by atoms with Gasteiger partial charge in [-0.2, -0.15) is 9.40 Å². The summed E-state index contributed by atoms with van der Waals surface area (Å²) in [6.07, 6.45) is 1.26. The van der Waals surface area contributed by atoms with E-state index in [1.807, 2.05) is 0 Å². The zero-order valence-electron chi connectivity index (χ0n) is 11.4. The lowest BCUT2D eigenvalue weighted by molar-refractivity contribution is -0.148. The van der Waals surface area contributed by atoms with E-state index in [1.54, 1.807) is 13.8 Å². The quantitative estimate of drug-likeness (QED) is 0.709. The standard InChI is InChI=1S/C11H18N4O4S/c1-3-19-11(16)9-6-12-4-5-15(9)20(17,18)10-7-13-14-8(10)2/h7,9,12H,3-6H2,1-2H3,(H,13,14). The Morgan fingerprint density at radius 2 is 2.35 bits per heavy atom. The van der Waals surface area contributed by atoms with Gasteiger partial charge in [0.05, 0.1) is 18.5 Å². The van der Waals surface area contributed by atoms with E-state index in [4.69, 9.17) is 4.74 Å². The fourth-order valence-electron chi connectivity index (χ4n) is 2.14. The Morgan fingerprint density at radius 3 is 2.95 bits per heavy atom. The average molecular weight is 302 g/mol. The van der Waals surface area contributed by atoms with Crippen molar-refractivity contribution in [2.45, 2.75) is 24.8 Å². The summed E-state index contributed by atoms with van der Waals surface area (Å²) in [4.78, 5) is 12.0. The number of nitrogens with zero attached hydrogens (tertiary/aromatic N) is 2. The predicted octanol–water partition coefficient (Wildman–Crippen LogP) is -0.756. The number of sulfonamides is 1. The zero-order valence-corrected chi connectivity index (χ0v) is 12.2. The molecule has 0 bridgehead atoms. The molecule has 2 heterocycles. The Labute approximate surface area is 117 Å². The maximum atomic E-state index is 12.6. The Bertz CT molecular complexity index is 583. The summed E-state index contributed by atoms with van der Waals surface area (Å²) in [7, 11) is -3.76. The third-order valence-corrected chi connectivity index (χ3v) is 5.15. The second-order valence-corrected chi connectivity index (χ2v) is 6.31. The van der Waals surface area contributed by atoms with Crippen LogP contribution in [0.4, 0.5) is 0 Å². The molecule has 0 radical (unpaired) electrons. The smallest absolute Gasteiger partial charge is 0.325 e. The third-order valence-electron chi connectivity index (χ3n) is 3.12.